The summed E-state index contributed by atoms with van der Waals surface area (Å²) in [4.78, 5) is 26.4. The molecule has 1 aromatic carbocycles. The number of H-pyrrole nitrogens is 1. The van der Waals surface area contributed by atoms with E-state index in [9.17, 15) is 14.0 Å². The normalized spacial score (nSPS) is 10.8. The summed E-state index contributed by atoms with van der Waals surface area (Å²) in [5.41, 5.74) is 0.777. The minimum absolute atomic E-state index is 0.0466. The number of rotatable bonds is 4. The summed E-state index contributed by atoms with van der Waals surface area (Å²) in [5, 5.41) is 2.61. The van der Waals surface area contributed by atoms with Gasteiger partial charge in [-0.25, -0.2) is 4.39 Å². The monoisotopic (exact) mass is 286 g/mol. The highest BCUT2D eigenvalue weighted by atomic mass is 19.1. The molecule has 108 valence electrons. The minimum atomic E-state index is -0.477. The van der Waals surface area contributed by atoms with Crippen LogP contribution in [-0.4, -0.2) is 17.4 Å². The third-order valence-corrected chi connectivity index (χ3v) is 2.93. The second kappa shape index (κ2) is 6.65. The van der Waals surface area contributed by atoms with Crippen LogP contribution in [0.4, 0.5) is 4.39 Å². The van der Waals surface area contributed by atoms with Crippen LogP contribution in [0.3, 0.4) is 0 Å². The first-order chi connectivity index (χ1) is 10.1. The molecular weight excluding hydrogens is 271 g/mol. The van der Waals surface area contributed by atoms with E-state index in [2.05, 4.69) is 10.3 Å². The van der Waals surface area contributed by atoms with Crippen molar-refractivity contribution in [2.45, 2.75) is 6.92 Å². The fourth-order valence-electron chi connectivity index (χ4n) is 1.82. The van der Waals surface area contributed by atoms with Crippen LogP contribution in [0, 0.1) is 5.82 Å². The summed E-state index contributed by atoms with van der Waals surface area (Å²) in [6.07, 6.45) is 3.58. The fourth-order valence-corrected chi connectivity index (χ4v) is 1.82. The van der Waals surface area contributed by atoms with Crippen LogP contribution >= 0.6 is 0 Å². The summed E-state index contributed by atoms with van der Waals surface area (Å²) in [6, 6.07) is 8.83. The third kappa shape index (κ3) is 3.66. The van der Waals surface area contributed by atoms with Gasteiger partial charge in [0.25, 0.3) is 11.5 Å². The maximum Gasteiger partial charge on any atom is 0.261 e. The molecule has 0 unspecified atom stereocenters. The molecule has 0 aliphatic rings. The van der Waals surface area contributed by atoms with E-state index in [0.717, 1.165) is 0 Å². The number of hydrogen-bond acceptors (Lipinski definition) is 2. The molecule has 0 aliphatic heterocycles. The Hall–Kier alpha value is -2.69. The van der Waals surface area contributed by atoms with Gasteiger partial charge in [0.2, 0.25) is 0 Å². The van der Waals surface area contributed by atoms with E-state index < -0.39 is 11.5 Å². The first kappa shape index (κ1) is 14.7. The first-order valence-corrected chi connectivity index (χ1v) is 6.50. The lowest BCUT2D eigenvalue weighted by atomic mass is 10.1. The summed E-state index contributed by atoms with van der Waals surface area (Å²) >= 11 is 0. The minimum Gasteiger partial charge on any atom is -0.348 e. The molecule has 0 fully saturated rings. The molecule has 0 bridgehead atoms. The van der Waals surface area contributed by atoms with Crippen LogP contribution in [0.5, 0.6) is 0 Å². The van der Waals surface area contributed by atoms with E-state index in [0.29, 0.717) is 17.8 Å². The number of aromatic amines is 1. The van der Waals surface area contributed by atoms with E-state index in [1.165, 1.54) is 18.2 Å². The van der Waals surface area contributed by atoms with Crippen LogP contribution in [0.1, 0.15) is 17.3 Å². The van der Waals surface area contributed by atoms with E-state index in [1.807, 2.05) is 13.0 Å². The Morgan fingerprint density at radius 2 is 1.95 bits per heavy atom. The van der Waals surface area contributed by atoms with Gasteiger partial charge < -0.3 is 10.3 Å². The summed E-state index contributed by atoms with van der Waals surface area (Å²) in [5.74, 6) is -0.777. The van der Waals surface area contributed by atoms with Gasteiger partial charge in [0.15, 0.2) is 0 Å². The van der Waals surface area contributed by atoms with Gasteiger partial charge in [-0.3, -0.25) is 9.59 Å². The highest BCUT2D eigenvalue weighted by Gasteiger charge is 2.10. The van der Waals surface area contributed by atoms with Gasteiger partial charge in [0.1, 0.15) is 11.4 Å². The molecule has 2 aromatic rings. The zero-order chi connectivity index (χ0) is 15.2. The maximum absolute atomic E-state index is 12.9. The van der Waals surface area contributed by atoms with Crippen LogP contribution in [0.15, 0.2) is 53.3 Å². The van der Waals surface area contributed by atoms with E-state index in [-0.39, 0.29) is 11.4 Å². The lowest BCUT2D eigenvalue weighted by molar-refractivity contribution is 0.0956. The van der Waals surface area contributed by atoms with E-state index >= 15 is 0 Å². The molecule has 1 heterocycles. The Bertz CT molecular complexity index is 718. The number of hydrogen-bond donors (Lipinski definition) is 2. The number of nitrogens with one attached hydrogen (secondary N) is 2. The molecule has 2 N–H and O–H groups in total. The maximum atomic E-state index is 12.9. The van der Waals surface area contributed by atoms with Crippen LogP contribution in [0.25, 0.3) is 11.3 Å². The molecule has 0 saturated carbocycles. The predicted molar refractivity (Wildman–Crippen MR) is 79.6 cm³/mol. The molecule has 1 aromatic heterocycles. The topological polar surface area (TPSA) is 62.0 Å². The van der Waals surface area contributed by atoms with E-state index in [4.69, 9.17) is 0 Å². The first-order valence-electron chi connectivity index (χ1n) is 6.50. The Labute approximate surface area is 121 Å². The molecule has 2 rings (SSSR count). The van der Waals surface area contributed by atoms with Crippen molar-refractivity contribution in [3.8, 4) is 11.3 Å². The summed E-state index contributed by atoms with van der Waals surface area (Å²) < 4.78 is 12.9. The smallest absolute Gasteiger partial charge is 0.261 e. The predicted octanol–water partition coefficient (Wildman–Crippen LogP) is 2.49. The highest BCUT2D eigenvalue weighted by Crippen LogP contribution is 2.15. The Morgan fingerprint density at radius 1 is 1.24 bits per heavy atom. The SMILES string of the molecule is C/C=C/CNC(=O)c1ccc(-c2ccc(F)cc2)[nH]c1=O. The lowest BCUT2D eigenvalue weighted by Crippen LogP contribution is -2.29. The van der Waals surface area contributed by atoms with Crippen molar-refractivity contribution in [1.29, 1.82) is 0 Å². The number of carbonyl (C=O) groups is 1. The van der Waals surface area contributed by atoms with Gasteiger partial charge in [-0.15, -0.1) is 0 Å². The van der Waals surface area contributed by atoms with Crippen molar-refractivity contribution in [2.24, 2.45) is 0 Å². The van der Waals surface area contributed by atoms with Crippen molar-refractivity contribution in [3.05, 3.63) is 70.3 Å². The fraction of sp³-hybridized carbons (Fsp3) is 0.125. The molecule has 0 spiro atoms. The summed E-state index contributed by atoms with van der Waals surface area (Å²) in [7, 11) is 0. The van der Waals surface area contributed by atoms with E-state index in [1.54, 1.807) is 24.3 Å². The van der Waals surface area contributed by atoms with Crippen LogP contribution in [0.2, 0.25) is 0 Å². The van der Waals surface area contributed by atoms with Crippen LogP contribution < -0.4 is 10.9 Å². The second-order valence-electron chi connectivity index (χ2n) is 4.40. The average molecular weight is 286 g/mol. The van der Waals surface area contributed by atoms with Crippen molar-refractivity contribution < 1.29 is 9.18 Å². The molecule has 0 aliphatic carbocycles. The molecule has 0 radical (unpaired) electrons. The number of carbonyl (C=O) groups excluding carboxylic acids is 1. The molecule has 21 heavy (non-hydrogen) atoms. The van der Waals surface area contributed by atoms with Crippen molar-refractivity contribution in [2.75, 3.05) is 6.54 Å². The molecule has 5 heteroatoms. The number of benzene rings is 1. The molecule has 0 saturated heterocycles. The number of amides is 1. The standard InChI is InChI=1S/C16H15FN2O2/c1-2-3-10-18-15(20)13-8-9-14(19-16(13)21)11-4-6-12(17)7-5-11/h2-9H,10H2,1H3,(H,18,20)(H,19,21)/b3-2+. The lowest BCUT2D eigenvalue weighted by Gasteiger charge is -2.05. The zero-order valence-corrected chi connectivity index (χ0v) is 11.5. The van der Waals surface area contributed by atoms with Gasteiger partial charge in [-0.05, 0) is 48.9 Å². The number of pyridine rings is 1. The quantitative estimate of drug-likeness (QED) is 0.848. The summed E-state index contributed by atoms with van der Waals surface area (Å²) in [6.45, 7) is 2.21. The number of halogens is 1. The third-order valence-electron chi connectivity index (χ3n) is 2.93. The second-order valence-corrected chi connectivity index (χ2v) is 4.40. The van der Waals surface area contributed by atoms with Gasteiger partial charge in [-0.2, -0.15) is 0 Å². The molecular formula is C16H15FN2O2. The highest BCUT2D eigenvalue weighted by molar-refractivity contribution is 5.94. The van der Waals surface area contributed by atoms with Crippen LogP contribution in [-0.2, 0) is 0 Å². The number of allylic oxidation sites excluding steroid dienone is 1. The van der Waals surface area contributed by atoms with Gasteiger partial charge in [0.05, 0.1) is 0 Å². The zero-order valence-electron chi connectivity index (χ0n) is 11.5. The van der Waals surface area contributed by atoms with Gasteiger partial charge in [0, 0.05) is 12.2 Å². The largest absolute Gasteiger partial charge is 0.348 e. The molecule has 1 amide bonds. The Kier molecular flexibility index (Phi) is 4.66. The van der Waals surface area contributed by atoms with Crippen molar-refractivity contribution in [3.63, 3.8) is 0 Å². The molecule has 4 nitrogen and oxygen atoms in total. The Balaban J connectivity index is 2.23. The van der Waals surface area contributed by atoms with Crippen molar-refractivity contribution in [1.82, 2.24) is 10.3 Å². The van der Waals surface area contributed by atoms with Crippen molar-refractivity contribution >= 4 is 5.91 Å². The van der Waals surface area contributed by atoms with Gasteiger partial charge in [-0.1, -0.05) is 12.2 Å². The number of aromatic nitrogens is 1. The average Bonchev–Trinajstić information content (AvgIpc) is 2.48. The Morgan fingerprint density at radius 3 is 2.57 bits per heavy atom. The molecule has 0 atom stereocenters. The van der Waals surface area contributed by atoms with Gasteiger partial charge >= 0.3 is 0 Å².